The van der Waals surface area contributed by atoms with Crippen molar-refractivity contribution in [1.29, 1.82) is 0 Å². The monoisotopic (exact) mass is 656 g/mol. The molecule has 0 bridgehead atoms. The van der Waals surface area contributed by atoms with Crippen LogP contribution in [-0.4, -0.2) is 47.7 Å². The summed E-state index contributed by atoms with van der Waals surface area (Å²) in [6.07, 6.45) is 3.08. The van der Waals surface area contributed by atoms with Gasteiger partial charge < -0.3 is 19.5 Å². The molecule has 3 aromatic carbocycles. The van der Waals surface area contributed by atoms with E-state index in [1.807, 2.05) is 44.2 Å². The molecule has 0 atom stereocenters. The Balaban J connectivity index is 1.44. The van der Waals surface area contributed by atoms with Gasteiger partial charge in [-0.2, -0.15) is 0 Å². The van der Waals surface area contributed by atoms with Crippen molar-refractivity contribution in [2.45, 2.75) is 33.3 Å². The summed E-state index contributed by atoms with van der Waals surface area (Å²) in [5, 5.41) is 2.43. The average Bonchev–Trinajstić information content (AvgIpc) is 3.25. The van der Waals surface area contributed by atoms with Crippen LogP contribution in [0.1, 0.15) is 48.2 Å². The van der Waals surface area contributed by atoms with Gasteiger partial charge in [-0.25, -0.2) is 4.79 Å². The molecule has 0 unspecified atom stereocenters. The molecule has 0 aliphatic carbocycles. The molecule has 3 aromatic rings. The maximum atomic E-state index is 13.1. The predicted molar refractivity (Wildman–Crippen MR) is 171 cm³/mol. The highest BCUT2D eigenvalue weighted by Crippen LogP contribution is 2.39. The molecule has 1 aliphatic heterocycles. The summed E-state index contributed by atoms with van der Waals surface area (Å²) < 4.78 is 16.9. The van der Waals surface area contributed by atoms with Crippen LogP contribution < -0.4 is 14.8 Å². The lowest BCUT2D eigenvalue weighted by Gasteiger charge is -2.15. The Hall–Kier alpha value is -3.99. The number of benzene rings is 3. The Morgan fingerprint density at radius 2 is 1.75 bits per heavy atom. The Morgan fingerprint density at radius 3 is 2.48 bits per heavy atom. The number of carbonyl (C=O) groups is 4. The number of rotatable bonds is 13. The summed E-state index contributed by atoms with van der Waals surface area (Å²) in [5.41, 5.74) is 1.82. The highest BCUT2D eigenvalue weighted by Gasteiger charge is 2.36. The van der Waals surface area contributed by atoms with E-state index in [1.54, 1.807) is 12.1 Å². The summed E-state index contributed by atoms with van der Waals surface area (Å²) in [6.45, 7) is 4.14. The second-order valence-electron chi connectivity index (χ2n) is 9.54. The van der Waals surface area contributed by atoms with Crippen LogP contribution in [0.25, 0.3) is 6.08 Å². The number of carbonyl (C=O) groups excluding carboxylic acids is 4. The van der Waals surface area contributed by atoms with Crippen molar-refractivity contribution in [3.05, 3.63) is 92.3 Å². The predicted octanol–water partition coefficient (Wildman–Crippen LogP) is 7.60. The lowest BCUT2D eigenvalue weighted by molar-refractivity contribution is -0.127. The van der Waals surface area contributed by atoms with E-state index in [2.05, 4.69) is 5.32 Å². The number of nitrogens with one attached hydrogen (secondary N) is 1. The third kappa shape index (κ3) is 8.56. The quantitative estimate of drug-likeness (QED) is 0.114. The van der Waals surface area contributed by atoms with Gasteiger partial charge in [-0.15, -0.1) is 0 Å². The second kappa shape index (κ2) is 15.7. The van der Waals surface area contributed by atoms with Gasteiger partial charge in [-0.1, -0.05) is 66.9 Å². The molecule has 1 saturated heterocycles. The first-order chi connectivity index (χ1) is 21.2. The van der Waals surface area contributed by atoms with Crippen LogP contribution in [0.5, 0.6) is 11.5 Å². The Kier molecular flexibility index (Phi) is 11.7. The number of hydrogen-bond acceptors (Lipinski definition) is 8. The smallest absolute Gasteiger partial charge is 0.339 e. The zero-order valence-corrected chi connectivity index (χ0v) is 26.4. The van der Waals surface area contributed by atoms with E-state index in [0.29, 0.717) is 41.9 Å². The number of nitrogens with zero attached hydrogens (tertiary/aromatic N) is 1. The largest absolute Gasteiger partial charge is 0.490 e. The molecule has 230 valence electrons. The van der Waals surface area contributed by atoms with Crippen molar-refractivity contribution in [3.63, 3.8) is 0 Å². The van der Waals surface area contributed by atoms with Crippen LogP contribution >= 0.6 is 35.0 Å². The molecule has 9 nitrogen and oxygen atoms in total. The van der Waals surface area contributed by atoms with E-state index in [1.165, 1.54) is 24.3 Å². The van der Waals surface area contributed by atoms with E-state index < -0.39 is 29.6 Å². The topological polar surface area (TPSA) is 111 Å². The maximum absolute atomic E-state index is 13.1. The fraction of sp³-hybridized carbons (Fsp3) is 0.250. The van der Waals surface area contributed by atoms with Crippen LogP contribution in [0.4, 0.5) is 10.5 Å². The van der Waals surface area contributed by atoms with Gasteiger partial charge in [0.25, 0.3) is 11.1 Å². The minimum absolute atomic E-state index is 0.0937. The Morgan fingerprint density at radius 1 is 0.977 bits per heavy atom. The molecule has 0 spiro atoms. The van der Waals surface area contributed by atoms with Crippen molar-refractivity contribution >= 4 is 69.8 Å². The number of halogens is 2. The number of anilines is 1. The molecule has 3 amide bonds. The molecule has 12 heteroatoms. The first-order valence-electron chi connectivity index (χ1n) is 13.8. The van der Waals surface area contributed by atoms with Gasteiger partial charge in [0.05, 0.1) is 33.7 Å². The molecule has 4 rings (SSSR count). The maximum Gasteiger partial charge on any atom is 0.339 e. The van der Waals surface area contributed by atoms with Gasteiger partial charge in [0.15, 0.2) is 11.5 Å². The minimum atomic E-state index is -0.636. The molecule has 0 aromatic heterocycles. The molecular formula is C32H30Cl2N2O7S. The summed E-state index contributed by atoms with van der Waals surface area (Å²) in [4.78, 5) is 51.9. The molecule has 1 N–H and O–H groups in total. The Bertz CT molecular complexity index is 1580. The minimum Gasteiger partial charge on any atom is -0.490 e. The molecule has 44 heavy (non-hydrogen) atoms. The van der Waals surface area contributed by atoms with Gasteiger partial charge in [0.1, 0.15) is 13.2 Å². The van der Waals surface area contributed by atoms with E-state index in [9.17, 15) is 19.2 Å². The van der Waals surface area contributed by atoms with Crippen molar-refractivity contribution in [1.82, 2.24) is 4.90 Å². The van der Waals surface area contributed by atoms with Crippen molar-refractivity contribution in [2.75, 3.05) is 25.1 Å². The van der Waals surface area contributed by atoms with Crippen LogP contribution in [0.3, 0.4) is 0 Å². The second-order valence-corrected chi connectivity index (χ2v) is 11.3. The van der Waals surface area contributed by atoms with Gasteiger partial charge in [-0.05, 0) is 72.6 Å². The molecular weight excluding hydrogens is 627 g/mol. The van der Waals surface area contributed by atoms with Crippen molar-refractivity contribution in [3.8, 4) is 11.5 Å². The molecule has 1 aliphatic rings. The third-order valence-corrected chi connectivity index (χ3v) is 7.75. The average molecular weight is 658 g/mol. The number of imide groups is 1. The highest BCUT2D eigenvalue weighted by atomic mass is 35.5. The first kappa shape index (κ1) is 32.9. The zero-order chi connectivity index (χ0) is 31.6. The normalized spacial score (nSPS) is 13.7. The van der Waals surface area contributed by atoms with Crippen LogP contribution in [0.2, 0.25) is 10.0 Å². The van der Waals surface area contributed by atoms with Crippen LogP contribution in [-0.2, 0) is 20.9 Å². The highest BCUT2D eigenvalue weighted by molar-refractivity contribution is 8.18. The standard InChI is InChI=1S/C32H30Cl2N2O7S/c1-3-5-13-42-31(39)23-17-22(11-12-24(23)33)35-28(37)18-36-30(38)27(44-32(36)40)16-21-14-25(34)29(26(15-21)41-4-2)43-19-20-9-7-6-8-10-20/h6-12,14-17H,3-5,13,18-19H2,1-2H3,(H,35,37)/b27-16-. The molecule has 1 fully saturated rings. The SMILES string of the molecule is CCCCOC(=O)c1cc(NC(=O)CN2C(=O)S/C(=C\c3cc(Cl)c(OCc4ccccc4)c(OCC)c3)C2=O)ccc1Cl. The lowest BCUT2D eigenvalue weighted by atomic mass is 10.1. The number of ether oxygens (including phenoxy) is 3. The number of esters is 1. The van der Waals surface area contributed by atoms with Gasteiger partial charge in [-0.3, -0.25) is 19.3 Å². The van der Waals surface area contributed by atoms with Gasteiger partial charge in [0.2, 0.25) is 5.91 Å². The third-order valence-electron chi connectivity index (χ3n) is 6.23. The molecule has 1 heterocycles. The van der Waals surface area contributed by atoms with Crippen LogP contribution in [0, 0.1) is 0 Å². The first-order valence-corrected chi connectivity index (χ1v) is 15.4. The Labute approximate surface area is 269 Å². The van der Waals surface area contributed by atoms with E-state index in [0.717, 1.165) is 16.9 Å². The van der Waals surface area contributed by atoms with E-state index in [4.69, 9.17) is 37.4 Å². The van der Waals surface area contributed by atoms with Gasteiger partial charge in [0, 0.05) is 5.69 Å². The fourth-order valence-corrected chi connectivity index (χ4v) is 5.39. The number of amides is 3. The fourth-order valence-electron chi connectivity index (χ4n) is 4.08. The lowest BCUT2D eigenvalue weighted by Crippen LogP contribution is -2.36. The van der Waals surface area contributed by atoms with Gasteiger partial charge >= 0.3 is 5.97 Å². The number of thioether (sulfide) groups is 1. The number of hydrogen-bond donors (Lipinski definition) is 1. The van der Waals surface area contributed by atoms with Crippen molar-refractivity contribution < 1.29 is 33.4 Å². The molecule has 0 radical (unpaired) electrons. The summed E-state index contributed by atoms with van der Waals surface area (Å²) in [5.74, 6) is -1.14. The summed E-state index contributed by atoms with van der Waals surface area (Å²) in [7, 11) is 0. The van der Waals surface area contributed by atoms with E-state index in [-0.39, 0.29) is 39.4 Å². The summed E-state index contributed by atoms with van der Waals surface area (Å²) >= 11 is 13.4. The van der Waals surface area contributed by atoms with Crippen molar-refractivity contribution in [2.24, 2.45) is 0 Å². The molecule has 0 saturated carbocycles. The van der Waals surface area contributed by atoms with E-state index >= 15 is 0 Å². The van der Waals surface area contributed by atoms with Crippen LogP contribution in [0.15, 0.2) is 65.6 Å². The zero-order valence-electron chi connectivity index (χ0n) is 24.1. The summed E-state index contributed by atoms with van der Waals surface area (Å²) in [6, 6.07) is 17.2. The number of unbranched alkanes of at least 4 members (excludes halogenated alkanes) is 1.